The molecule has 0 bridgehead atoms. The Kier molecular flexibility index (Phi) is 4.57. The van der Waals surface area contributed by atoms with Crippen molar-refractivity contribution in [2.24, 2.45) is 5.92 Å². The minimum Gasteiger partial charge on any atom is -0.384 e. The molecule has 1 aliphatic carbocycles. The molecule has 4 heteroatoms. The van der Waals surface area contributed by atoms with Crippen LogP contribution in [0.5, 0.6) is 0 Å². The zero-order valence-corrected chi connectivity index (χ0v) is 11.7. The zero-order valence-electron chi connectivity index (χ0n) is 10.2. The third-order valence-electron chi connectivity index (χ3n) is 3.28. The molecular weight excluding hydrogens is 252 g/mol. The molecule has 0 radical (unpaired) electrons. The van der Waals surface area contributed by atoms with E-state index in [9.17, 15) is 0 Å². The molecule has 2 nitrogen and oxygen atoms in total. The standard InChI is InChI=1S/C13H19ClN2S/c1-9-3-2-4-10(7-9)17-8-12-11(14)5-6-13(15)16-12/h5-6,9-10H,2-4,7-8H2,1H3,(H2,15,16). The fraction of sp³-hybridized carbons (Fsp3) is 0.615. The third kappa shape index (κ3) is 3.78. The lowest BCUT2D eigenvalue weighted by molar-refractivity contribution is 0.394. The van der Waals surface area contributed by atoms with Gasteiger partial charge in [-0.15, -0.1) is 0 Å². The fourth-order valence-electron chi connectivity index (χ4n) is 2.33. The number of aromatic nitrogens is 1. The molecule has 1 fully saturated rings. The van der Waals surface area contributed by atoms with Crippen molar-refractivity contribution in [2.75, 3.05) is 5.73 Å². The van der Waals surface area contributed by atoms with Crippen molar-refractivity contribution in [1.29, 1.82) is 0 Å². The second-order valence-electron chi connectivity index (χ2n) is 4.87. The van der Waals surface area contributed by atoms with Crippen LogP contribution in [-0.2, 0) is 5.75 Å². The minimum atomic E-state index is 0.557. The minimum absolute atomic E-state index is 0.557. The first-order valence-electron chi connectivity index (χ1n) is 6.17. The molecule has 1 aromatic heterocycles. The fourth-order valence-corrected chi connectivity index (χ4v) is 3.99. The van der Waals surface area contributed by atoms with Crippen LogP contribution in [0.25, 0.3) is 0 Å². The number of pyridine rings is 1. The van der Waals surface area contributed by atoms with Gasteiger partial charge in [0.2, 0.25) is 0 Å². The van der Waals surface area contributed by atoms with Crippen molar-refractivity contribution in [3.05, 3.63) is 22.8 Å². The summed E-state index contributed by atoms with van der Waals surface area (Å²) in [7, 11) is 0. The van der Waals surface area contributed by atoms with Crippen molar-refractivity contribution in [1.82, 2.24) is 4.98 Å². The quantitative estimate of drug-likeness (QED) is 0.898. The Hall–Kier alpha value is -0.410. The molecule has 17 heavy (non-hydrogen) atoms. The van der Waals surface area contributed by atoms with E-state index in [-0.39, 0.29) is 0 Å². The lowest BCUT2D eigenvalue weighted by atomic mass is 9.91. The van der Waals surface area contributed by atoms with Crippen molar-refractivity contribution in [3.63, 3.8) is 0 Å². The summed E-state index contributed by atoms with van der Waals surface area (Å²) in [6, 6.07) is 3.59. The molecule has 0 aliphatic heterocycles. The molecule has 1 saturated carbocycles. The molecule has 2 rings (SSSR count). The lowest BCUT2D eigenvalue weighted by Gasteiger charge is -2.26. The number of halogens is 1. The maximum atomic E-state index is 6.11. The predicted octanol–water partition coefficient (Wildman–Crippen LogP) is 4.13. The topological polar surface area (TPSA) is 38.9 Å². The van der Waals surface area contributed by atoms with Gasteiger partial charge in [0, 0.05) is 11.0 Å². The van der Waals surface area contributed by atoms with Gasteiger partial charge in [-0.3, -0.25) is 0 Å². The molecule has 94 valence electrons. The second-order valence-corrected chi connectivity index (χ2v) is 6.57. The molecule has 0 saturated heterocycles. The third-order valence-corrected chi connectivity index (χ3v) is 4.97. The Morgan fingerprint density at radius 3 is 3.06 bits per heavy atom. The van der Waals surface area contributed by atoms with Crippen LogP contribution in [0, 0.1) is 5.92 Å². The highest BCUT2D eigenvalue weighted by Crippen LogP contribution is 2.34. The Labute approximate surface area is 112 Å². The molecule has 0 aromatic carbocycles. The summed E-state index contributed by atoms with van der Waals surface area (Å²) in [6.07, 6.45) is 5.39. The van der Waals surface area contributed by atoms with Gasteiger partial charge in [0.15, 0.2) is 0 Å². The normalized spacial score (nSPS) is 24.8. The average Bonchev–Trinajstić information content (AvgIpc) is 2.30. The van der Waals surface area contributed by atoms with E-state index in [1.165, 1.54) is 25.7 Å². The Morgan fingerprint density at radius 2 is 2.29 bits per heavy atom. The van der Waals surface area contributed by atoms with Gasteiger partial charge in [0.05, 0.1) is 10.7 Å². The van der Waals surface area contributed by atoms with Gasteiger partial charge in [0.1, 0.15) is 5.82 Å². The zero-order chi connectivity index (χ0) is 12.3. The van der Waals surface area contributed by atoms with Gasteiger partial charge in [-0.05, 0) is 30.9 Å². The Balaban J connectivity index is 1.90. The van der Waals surface area contributed by atoms with E-state index in [1.807, 2.05) is 17.8 Å². The molecule has 2 N–H and O–H groups in total. The molecule has 0 amide bonds. The van der Waals surface area contributed by atoms with E-state index in [2.05, 4.69) is 11.9 Å². The number of rotatable bonds is 3. The summed E-state index contributed by atoms with van der Waals surface area (Å²) >= 11 is 8.09. The summed E-state index contributed by atoms with van der Waals surface area (Å²) < 4.78 is 0. The maximum absolute atomic E-state index is 6.11. The number of nitrogens with zero attached hydrogens (tertiary/aromatic N) is 1. The number of hydrogen-bond donors (Lipinski definition) is 1. The van der Waals surface area contributed by atoms with E-state index < -0.39 is 0 Å². The van der Waals surface area contributed by atoms with Gasteiger partial charge in [-0.25, -0.2) is 4.98 Å². The van der Waals surface area contributed by atoms with Gasteiger partial charge >= 0.3 is 0 Å². The largest absolute Gasteiger partial charge is 0.384 e. The number of hydrogen-bond acceptors (Lipinski definition) is 3. The predicted molar refractivity (Wildman–Crippen MR) is 76.4 cm³/mol. The van der Waals surface area contributed by atoms with Crippen molar-refractivity contribution in [3.8, 4) is 0 Å². The molecule has 2 atom stereocenters. The van der Waals surface area contributed by atoms with Crippen LogP contribution in [0.4, 0.5) is 5.82 Å². The molecule has 1 heterocycles. The highest BCUT2D eigenvalue weighted by atomic mass is 35.5. The first-order chi connectivity index (χ1) is 8.15. The first kappa shape index (κ1) is 13.0. The number of anilines is 1. The molecule has 1 aliphatic rings. The lowest BCUT2D eigenvalue weighted by Crippen LogP contribution is -2.15. The van der Waals surface area contributed by atoms with E-state index in [1.54, 1.807) is 6.07 Å². The van der Waals surface area contributed by atoms with Crippen LogP contribution in [-0.4, -0.2) is 10.2 Å². The number of nitrogen functional groups attached to an aromatic ring is 1. The maximum Gasteiger partial charge on any atom is 0.123 e. The molecule has 1 aromatic rings. The van der Waals surface area contributed by atoms with E-state index in [0.29, 0.717) is 5.82 Å². The smallest absolute Gasteiger partial charge is 0.123 e. The van der Waals surface area contributed by atoms with E-state index in [4.69, 9.17) is 17.3 Å². The Morgan fingerprint density at radius 1 is 1.47 bits per heavy atom. The van der Waals surface area contributed by atoms with Crippen molar-refractivity contribution in [2.45, 2.75) is 43.6 Å². The summed E-state index contributed by atoms with van der Waals surface area (Å²) in [5, 5.41) is 1.49. The van der Waals surface area contributed by atoms with Crippen LogP contribution < -0.4 is 5.73 Å². The summed E-state index contributed by atoms with van der Waals surface area (Å²) in [5.74, 6) is 2.30. The second kappa shape index (κ2) is 5.96. The SMILES string of the molecule is CC1CCCC(SCc2nc(N)ccc2Cl)C1. The van der Waals surface area contributed by atoms with Gasteiger partial charge in [-0.1, -0.05) is 31.4 Å². The van der Waals surface area contributed by atoms with Gasteiger partial charge < -0.3 is 5.73 Å². The van der Waals surface area contributed by atoms with Crippen molar-refractivity contribution >= 4 is 29.2 Å². The molecule has 0 spiro atoms. The van der Waals surface area contributed by atoms with Gasteiger partial charge in [-0.2, -0.15) is 11.8 Å². The van der Waals surface area contributed by atoms with Crippen LogP contribution in [0.15, 0.2) is 12.1 Å². The monoisotopic (exact) mass is 270 g/mol. The van der Waals surface area contributed by atoms with Gasteiger partial charge in [0.25, 0.3) is 0 Å². The van der Waals surface area contributed by atoms with Crippen LogP contribution in [0.3, 0.4) is 0 Å². The van der Waals surface area contributed by atoms with Crippen LogP contribution in [0.1, 0.15) is 38.3 Å². The van der Waals surface area contributed by atoms with E-state index >= 15 is 0 Å². The van der Waals surface area contributed by atoms with Crippen molar-refractivity contribution < 1.29 is 0 Å². The highest BCUT2D eigenvalue weighted by molar-refractivity contribution is 7.99. The molecule has 2 unspecified atom stereocenters. The molecular formula is C13H19ClN2S. The first-order valence-corrected chi connectivity index (χ1v) is 7.60. The van der Waals surface area contributed by atoms with Crippen LogP contribution in [0.2, 0.25) is 5.02 Å². The number of thioether (sulfide) groups is 1. The Bertz CT molecular complexity index is 384. The van der Waals surface area contributed by atoms with Crippen LogP contribution >= 0.6 is 23.4 Å². The average molecular weight is 271 g/mol. The summed E-state index contributed by atoms with van der Waals surface area (Å²) in [5.41, 5.74) is 6.61. The summed E-state index contributed by atoms with van der Waals surface area (Å²) in [6.45, 7) is 2.35. The number of nitrogens with two attached hydrogens (primary N) is 1. The summed E-state index contributed by atoms with van der Waals surface area (Å²) in [4.78, 5) is 4.30. The highest BCUT2D eigenvalue weighted by Gasteiger charge is 2.19. The van der Waals surface area contributed by atoms with E-state index in [0.717, 1.165) is 27.6 Å².